The number of aryl methyl sites for hydroxylation is 2. The summed E-state index contributed by atoms with van der Waals surface area (Å²) in [7, 11) is 0. The van der Waals surface area contributed by atoms with Gasteiger partial charge in [0, 0.05) is 18.3 Å². The van der Waals surface area contributed by atoms with E-state index in [1.165, 1.54) is 11.1 Å². The number of aromatic nitrogens is 2. The molecule has 0 aliphatic carbocycles. The largest absolute Gasteiger partial charge is 0.475 e. The lowest BCUT2D eigenvalue weighted by molar-refractivity contribution is 0.232. The van der Waals surface area contributed by atoms with Crippen molar-refractivity contribution in [2.75, 3.05) is 5.32 Å². The molecule has 0 radical (unpaired) electrons. The van der Waals surface area contributed by atoms with Crippen molar-refractivity contribution in [2.45, 2.75) is 46.8 Å². The molecule has 0 fully saturated rings. The van der Waals surface area contributed by atoms with E-state index in [1.807, 2.05) is 26.8 Å². The van der Waals surface area contributed by atoms with Gasteiger partial charge in [-0.3, -0.25) is 0 Å². The predicted molar refractivity (Wildman–Crippen MR) is 85.7 cm³/mol. The Kier molecular flexibility index (Phi) is 5.14. The smallest absolute Gasteiger partial charge is 0.226 e. The lowest BCUT2D eigenvalue weighted by atomic mass is 10.1. The van der Waals surface area contributed by atoms with E-state index in [-0.39, 0.29) is 6.10 Å². The molecule has 0 aliphatic heterocycles. The maximum atomic E-state index is 5.63. The first-order valence-electron chi connectivity index (χ1n) is 7.41. The minimum absolute atomic E-state index is 0.105. The first-order valence-corrected chi connectivity index (χ1v) is 7.41. The molecule has 0 atom stereocenters. The summed E-state index contributed by atoms with van der Waals surface area (Å²) in [5.41, 5.74) is 3.45. The van der Waals surface area contributed by atoms with Gasteiger partial charge in [-0.15, -0.1) is 0 Å². The zero-order valence-electron chi connectivity index (χ0n) is 13.2. The monoisotopic (exact) mass is 285 g/mol. The molecule has 0 saturated heterocycles. The van der Waals surface area contributed by atoms with Gasteiger partial charge in [0.2, 0.25) is 11.8 Å². The van der Waals surface area contributed by atoms with Gasteiger partial charge in [-0.2, -0.15) is 4.98 Å². The summed E-state index contributed by atoms with van der Waals surface area (Å²) < 4.78 is 5.63. The Morgan fingerprint density at radius 1 is 1.10 bits per heavy atom. The molecular weight excluding hydrogens is 262 g/mol. The molecule has 2 rings (SSSR count). The van der Waals surface area contributed by atoms with Crippen LogP contribution >= 0.6 is 0 Å². The van der Waals surface area contributed by atoms with Crippen LogP contribution in [0.1, 0.15) is 37.6 Å². The van der Waals surface area contributed by atoms with Crippen molar-refractivity contribution in [3.63, 3.8) is 0 Å². The number of hydrogen-bond acceptors (Lipinski definition) is 4. The van der Waals surface area contributed by atoms with Gasteiger partial charge in [-0.25, -0.2) is 4.98 Å². The van der Waals surface area contributed by atoms with E-state index in [9.17, 15) is 0 Å². The number of rotatable bonds is 6. The molecule has 1 heterocycles. The fraction of sp³-hybridized carbons (Fsp3) is 0.412. The summed E-state index contributed by atoms with van der Waals surface area (Å²) in [6.45, 7) is 8.77. The summed E-state index contributed by atoms with van der Waals surface area (Å²) >= 11 is 0. The second-order valence-corrected chi connectivity index (χ2v) is 5.36. The Morgan fingerprint density at radius 2 is 1.76 bits per heavy atom. The SMILES string of the molecule is CCc1ccc(CNc2nc(C)cc(OC(C)C)n2)cc1. The van der Waals surface area contributed by atoms with Gasteiger partial charge in [0.1, 0.15) is 0 Å². The van der Waals surface area contributed by atoms with Crippen LogP contribution in [-0.2, 0) is 13.0 Å². The quantitative estimate of drug-likeness (QED) is 0.878. The van der Waals surface area contributed by atoms with Gasteiger partial charge in [-0.1, -0.05) is 31.2 Å². The molecule has 4 nitrogen and oxygen atoms in total. The molecular formula is C17H23N3O. The zero-order valence-corrected chi connectivity index (χ0v) is 13.2. The van der Waals surface area contributed by atoms with Crippen LogP contribution in [0.15, 0.2) is 30.3 Å². The normalized spacial score (nSPS) is 10.7. The van der Waals surface area contributed by atoms with E-state index in [0.717, 1.165) is 12.1 Å². The minimum atomic E-state index is 0.105. The number of hydrogen-bond donors (Lipinski definition) is 1. The van der Waals surface area contributed by atoms with Crippen LogP contribution in [0.5, 0.6) is 5.88 Å². The van der Waals surface area contributed by atoms with E-state index >= 15 is 0 Å². The topological polar surface area (TPSA) is 47.0 Å². The van der Waals surface area contributed by atoms with E-state index in [0.29, 0.717) is 18.4 Å². The van der Waals surface area contributed by atoms with Gasteiger partial charge in [0.25, 0.3) is 0 Å². The minimum Gasteiger partial charge on any atom is -0.475 e. The lowest BCUT2D eigenvalue weighted by Crippen LogP contribution is -2.10. The zero-order chi connectivity index (χ0) is 15.2. The van der Waals surface area contributed by atoms with Crippen LogP contribution in [0.2, 0.25) is 0 Å². The average molecular weight is 285 g/mol. The molecule has 1 aromatic carbocycles. The Bertz CT molecular complexity index is 579. The third-order valence-corrected chi connectivity index (χ3v) is 3.07. The first-order chi connectivity index (χ1) is 10.1. The molecule has 0 amide bonds. The number of ether oxygens (including phenoxy) is 1. The third-order valence-electron chi connectivity index (χ3n) is 3.07. The molecule has 0 unspecified atom stereocenters. The Balaban J connectivity index is 2.03. The molecule has 0 saturated carbocycles. The van der Waals surface area contributed by atoms with Gasteiger partial charge in [-0.05, 0) is 38.3 Å². The van der Waals surface area contributed by atoms with Gasteiger partial charge in [0.15, 0.2) is 0 Å². The highest BCUT2D eigenvalue weighted by atomic mass is 16.5. The van der Waals surface area contributed by atoms with Gasteiger partial charge < -0.3 is 10.1 Å². The number of anilines is 1. The van der Waals surface area contributed by atoms with Crippen molar-refractivity contribution in [1.82, 2.24) is 9.97 Å². The summed E-state index contributed by atoms with van der Waals surface area (Å²) in [5, 5.41) is 3.25. The van der Waals surface area contributed by atoms with Crippen molar-refractivity contribution < 1.29 is 4.74 Å². The second-order valence-electron chi connectivity index (χ2n) is 5.36. The molecule has 2 aromatic rings. The van der Waals surface area contributed by atoms with E-state index in [2.05, 4.69) is 46.5 Å². The highest BCUT2D eigenvalue weighted by molar-refractivity contribution is 5.33. The molecule has 1 N–H and O–H groups in total. The maximum absolute atomic E-state index is 5.63. The summed E-state index contributed by atoms with van der Waals surface area (Å²) in [5.74, 6) is 1.21. The standard InChI is InChI=1S/C17H23N3O/c1-5-14-6-8-15(9-7-14)11-18-17-19-13(4)10-16(20-17)21-12(2)3/h6-10,12H,5,11H2,1-4H3,(H,18,19,20). The van der Waals surface area contributed by atoms with Crippen LogP contribution in [0.25, 0.3) is 0 Å². The Labute approximate surface area is 126 Å². The van der Waals surface area contributed by atoms with Crippen molar-refractivity contribution in [3.8, 4) is 5.88 Å². The molecule has 21 heavy (non-hydrogen) atoms. The van der Waals surface area contributed by atoms with Crippen LogP contribution < -0.4 is 10.1 Å². The fourth-order valence-electron chi connectivity index (χ4n) is 1.99. The second kappa shape index (κ2) is 7.07. The lowest BCUT2D eigenvalue weighted by Gasteiger charge is -2.11. The van der Waals surface area contributed by atoms with Crippen molar-refractivity contribution >= 4 is 5.95 Å². The molecule has 0 spiro atoms. The van der Waals surface area contributed by atoms with Crippen molar-refractivity contribution in [3.05, 3.63) is 47.2 Å². The number of nitrogens with zero attached hydrogens (tertiary/aromatic N) is 2. The van der Waals surface area contributed by atoms with Crippen LogP contribution in [0.3, 0.4) is 0 Å². The number of nitrogens with one attached hydrogen (secondary N) is 1. The molecule has 1 aromatic heterocycles. The first kappa shape index (κ1) is 15.3. The van der Waals surface area contributed by atoms with Crippen LogP contribution in [-0.4, -0.2) is 16.1 Å². The maximum Gasteiger partial charge on any atom is 0.226 e. The van der Waals surface area contributed by atoms with E-state index in [4.69, 9.17) is 4.74 Å². The van der Waals surface area contributed by atoms with Crippen molar-refractivity contribution in [2.24, 2.45) is 0 Å². The number of benzene rings is 1. The van der Waals surface area contributed by atoms with Crippen LogP contribution in [0, 0.1) is 6.92 Å². The molecule has 0 bridgehead atoms. The summed E-state index contributed by atoms with van der Waals surface area (Å²) in [6.07, 6.45) is 1.17. The molecule has 112 valence electrons. The predicted octanol–water partition coefficient (Wildman–Crippen LogP) is 3.75. The molecule has 0 aliphatic rings. The summed E-state index contributed by atoms with van der Waals surface area (Å²) in [4.78, 5) is 8.77. The van der Waals surface area contributed by atoms with Gasteiger partial charge >= 0.3 is 0 Å². The third kappa shape index (κ3) is 4.74. The summed E-state index contributed by atoms with van der Waals surface area (Å²) in [6, 6.07) is 10.4. The fourth-order valence-corrected chi connectivity index (χ4v) is 1.99. The highest BCUT2D eigenvalue weighted by Crippen LogP contribution is 2.14. The Hall–Kier alpha value is -2.10. The van der Waals surface area contributed by atoms with Crippen molar-refractivity contribution in [1.29, 1.82) is 0 Å². The highest BCUT2D eigenvalue weighted by Gasteiger charge is 2.05. The van der Waals surface area contributed by atoms with Gasteiger partial charge in [0.05, 0.1) is 6.10 Å². The Morgan fingerprint density at radius 3 is 2.38 bits per heavy atom. The molecule has 4 heteroatoms. The van der Waals surface area contributed by atoms with Crippen LogP contribution in [0.4, 0.5) is 5.95 Å². The van der Waals surface area contributed by atoms with E-state index < -0.39 is 0 Å². The van der Waals surface area contributed by atoms with E-state index in [1.54, 1.807) is 0 Å². The average Bonchev–Trinajstić information content (AvgIpc) is 2.44.